The van der Waals surface area contributed by atoms with E-state index in [-0.39, 0.29) is 5.88 Å². The lowest BCUT2D eigenvalue weighted by atomic mass is 10.1. The van der Waals surface area contributed by atoms with Crippen molar-refractivity contribution in [1.29, 1.82) is 0 Å². The van der Waals surface area contributed by atoms with Gasteiger partial charge in [-0.1, -0.05) is 0 Å². The summed E-state index contributed by atoms with van der Waals surface area (Å²) in [6, 6.07) is 3.74. The van der Waals surface area contributed by atoms with Crippen molar-refractivity contribution in [2.45, 2.75) is 12.5 Å². The van der Waals surface area contributed by atoms with Crippen LogP contribution in [0.25, 0.3) is 0 Å². The van der Waals surface area contributed by atoms with Crippen LogP contribution in [0.5, 0.6) is 0 Å². The zero-order chi connectivity index (χ0) is 8.10. The van der Waals surface area contributed by atoms with Gasteiger partial charge in [-0.2, -0.15) is 0 Å². The summed E-state index contributed by atoms with van der Waals surface area (Å²) in [5, 5.41) is 9.16. The summed E-state index contributed by atoms with van der Waals surface area (Å²) in [4.78, 5) is 3.86. The number of hydrogen-bond acceptors (Lipinski definition) is 2. The second-order valence-electron chi connectivity index (χ2n) is 2.37. The lowest BCUT2D eigenvalue weighted by Gasteiger charge is -2.04. The number of aromatic nitrogens is 1. The minimum absolute atomic E-state index is 0.280. The van der Waals surface area contributed by atoms with Crippen molar-refractivity contribution >= 4 is 11.6 Å². The van der Waals surface area contributed by atoms with Gasteiger partial charge in [0.25, 0.3) is 0 Å². The van der Waals surface area contributed by atoms with Gasteiger partial charge in [0.05, 0.1) is 6.10 Å². The molecule has 1 rings (SSSR count). The molecule has 0 aliphatic carbocycles. The Kier molecular flexibility index (Phi) is 3.33. The Bertz CT molecular complexity index is 203. The van der Waals surface area contributed by atoms with Gasteiger partial charge in [-0.15, -0.1) is 11.6 Å². The van der Waals surface area contributed by atoms with Gasteiger partial charge in [0.15, 0.2) is 0 Å². The average molecular weight is 172 g/mol. The van der Waals surface area contributed by atoms with Crippen molar-refractivity contribution < 1.29 is 5.11 Å². The Morgan fingerprint density at radius 3 is 2.64 bits per heavy atom. The predicted octanol–water partition coefficient (Wildman–Crippen LogP) is 1.22. The first-order valence-electron chi connectivity index (χ1n) is 3.46. The van der Waals surface area contributed by atoms with Crippen LogP contribution >= 0.6 is 11.6 Å². The van der Waals surface area contributed by atoms with Gasteiger partial charge in [0.2, 0.25) is 0 Å². The molecule has 0 bridgehead atoms. The highest BCUT2D eigenvalue weighted by Crippen LogP contribution is 2.02. The second-order valence-corrected chi connectivity index (χ2v) is 2.68. The molecule has 3 heteroatoms. The minimum atomic E-state index is -0.445. The summed E-state index contributed by atoms with van der Waals surface area (Å²) in [7, 11) is 0. The molecule has 2 nitrogen and oxygen atoms in total. The van der Waals surface area contributed by atoms with Gasteiger partial charge in [0.1, 0.15) is 0 Å². The van der Waals surface area contributed by atoms with Crippen molar-refractivity contribution in [3.05, 3.63) is 30.1 Å². The van der Waals surface area contributed by atoms with Crippen LogP contribution in [0.2, 0.25) is 0 Å². The smallest absolute Gasteiger partial charge is 0.0715 e. The second kappa shape index (κ2) is 4.31. The molecule has 1 aromatic heterocycles. The van der Waals surface area contributed by atoms with Gasteiger partial charge >= 0.3 is 0 Å². The highest BCUT2D eigenvalue weighted by molar-refractivity contribution is 6.18. The van der Waals surface area contributed by atoms with Crippen molar-refractivity contribution in [1.82, 2.24) is 4.98 Å². The first-order chi connectivity index (χ1) is 5.33. The Balaban J connectivity index is 2.51. The Hall–Kier alpha value is -0.600. The standard InChI is InChI=1S/C8H10ClNO/c9-6-8(11)5-7-1-3-10-4-2-7/h1-4,8,11H,5-6H2. The molecule has 0 radical (unpaired) electrons. The summed E-state index contributed by atoms with van der Waals surface area (Å²) >= 11 is 5.44. The fourth-order valence-corrected chi connectivity index (χ4v) is 0.955. The van der Waals surface area contributed by atoms with Crippen LogP contribution < -0.4 is 0 Å². The molecular weight excluding hydrogens is 162 g/mol. The van der Waals surface area contributed by atoms with Crippen LogP contribution in [0.4, 0.5) is 0 Å². The number of aliphatic hydroxyl groups excluding tert-OH is 1. The number of halogens is 1. The lowest BCUT2D eigenvalue weighted by molar-refractivity contribution is 0.198. The zero-order valence-corrected chi connectivity index (χ0v) is 6.83. The van der Waals surface area contributed by atoms with Gasteiger partial charge < -0.3 is 5.11 Å². The van der Waals surface area contributed by atoms with E-state index in [0.29, 0.717) is 6.42 Å². The molecule has 0 saturated heterocycles. The van der Waals surface area contributed by atoms with Crippen molar-refractivity contribution in [3.63, 3.8) is 0 Å². The summed E-state index contributed by atoms with van der Waals surface area (Å²) in [5.41, 5.74) is 1.06. The topological polar surface area (TPSA) is 33.1 Å². The molecule has 0 fully saturated rings. The van der Waals surface area contributed by atoms with Crippen molar-refractivity contribution in [2.75, 3.05) is 5.88 Å². The molecule has 0 amide bonds. The normalized spacial score (nSPS) is 12.9. The van der Waals surface area contributed by atoms with Crippen molar-refractivity contribution in [3.8, 4) is 0 Å². The van der Waals surface area contributed by atoms with Gasteiger partial charge in [-0.3, -0.25) is 4.98 Å². The lowest BCUT2D eigenvalue weighted by Crippen LogP contribution is -2.11. The highest BCUT2D eigenvalue weighted by atomic mass is 35.5. The van der Waals surface area contributed by atoms with E-state index in [1.165, 1.54) is 0 Å². The van der Waals surface area contributed by atoms with Crippen molar-refractivity contribution in [2.24, 2.45) is 0 Å². The van der Waals surface area contributed by atoms with Crippen LogP contribution in [0, 0.1) is 0 Å². The summed E-state index contributed by atoms with van der Waals surface area (Å²) in [5.74, 6) is 0.280. The summed E-state index contributed by atoms with van der Waals surface area (Å²) in [6.45, 7) is 0. The highest BCUT2D eigenvalue weighted by Gasteiger charge is 2.01. The number of nitrogens with zero attached hydrogens (tertiary/aromatic N) is 1. The third-order valence-electron chi connectivity index (χ3n) is 1.40. The SMILES string of the molecule is OC(CCl)Cc1ccncc1. The first kappa shape index (κ1) is 8.50. The third kappa shape index (κ3) is 2.87. The van der Waals surface area contributed by atoms with Gasteiger partial charge in [-0.05, 0) is 24.1 Å². The maximum atomic E-state index is 9.16. The monoisotopic (exact) mass is 171 g/mol. The minimum Gasteiger partial charge on any atom is -0.392 e. The van der Waals surface area contributed by atoms with E-state index in [0.717, 1.165) is 5.56 Å². The molecule has 0 spiro atoms. The molecule has 1 atom stereocenters. The molecule has 1 heterocycles. The Labute approximate surface area is 70.8 Å². The summed E-state index contributed by atoms with van der Waals surface area (Å²) < 4.78 is 0. The van der Waals surface area contributed by atoms with E-state index < -0.39 is 6.10 Å². The van der Waals surface area contributed by atoms with Gasteiger partial charge in [-0.25, -0.2) is 0 Å². The Morgan fingerprint density at radius 1 is 1.45 bits per heavy atom. The quantitative estimate of drug-likeness (QED) is 0.694. The number of hydrogen-bond donors (Lipinski definition) is 1. The number of rotatable bonds is 3. The van der Waals surface area contributed by atoms with Crippen LogP contribution in [-0.2, 0) is 6.42 Å². The Morgan fingerprint density at radius 2 is 2.09 bits per heavy atom. The van der Waals surface area contributed by atoms with E-state index >= 15 is 0 Å². The van der Waals surface area contributed by atoms with Crippen LogP contribution in [-0.4, -0.2) is 22.1 Å². The largest absolute Gasteiger partial charge is 0.392 e. The van der Waals surface area contributed by atoms with Crippen LogP contribution in [0.3, 0.4) is 0 Å². The fourth-order valence-electron chi connectivity index (χ4n) is 0.846. The van der Waals surface area contributed by atoms with E-state index in [9.17, 15) is 0 Å². The fraction of sp³-hybridized carbons (Fsp3) is 0.375. The molecule has 60 valence electrons. The van der Waals surface area contributed by atoms with Gasteiger partial charge in [0, 0.05) is 18.3 Å². The maximum absolute atomic E-state index is 9.16. The molecule has 0 aromatic carbocycles. The van der Waals surface area contributed by atoms with E-state index in [1.54, 1.807) is 12.4 Å². The zero-order valence-electron chi connectivity index (χ0n) is 6.07. The molecular formula is C8H10ClNO. The maximum Gasteiger partial charge on any atom is 0.0715 e. The molecule has 0 saturated carbocycles. The van der Waals surface area contributed by atoms with Crippen LogP contribution in [0.15, 0.2) is 24.5 Å². The first-order valence-corrected chi connectivity index (χ1v) is 3.99. The van der Waals surface area contributed by atoms with E-state index in [1.807, 2.05) is 12.1 Å². The predicted molar refractivity (Wildman–Crippen MR) is 44.7 cm³/mol. The van der Waals surface area contributed by atoms with Crippen LogP contribution in [0.1, 0.15) is 5.56 Å². The van der Waals surface area contributed by atoms with E-state index in [4.69, 9.17) is 16.7 Å². The molecule has 1 unspecified atom stereocenters. The number of alkyl halides is 1. The van der Waals surface area contributed by atoms with E-state index in [2.05, 4.69) is 4.98 Å². The average Bonchev–Trinajstić information content (AvgIpc) is 2.06. The third-order valence-corrected chi connectivity index (χ3v) is 1.76. The molecule has 1 N–H and O–H groups in total. The number of aliphatic hydroxyl groups is 1. The molecule has 11 heavy (non-hydrogen) atoms. The summed E-state index contributed by atoms with van der Waals surface area (Å²) in [6.07, 6.45) is 3.57. The molecule has 1 aromatic rings. The molecule has 0 aliphatic rings. The molecule has 0 aliphatic heterocycles. The number of pyridine rings is 1.